The van der Waals surface area contributed by atoms with Crippen LogP contribution < -0.4 is 5.32 Å². The SMILES string of the molecule is O=C(O)CCC1CN(C(=O)C2(NC(=O)OCC3c4ccccc4-c4ccccc43)CCOCC2)C1. The number of hydrogen-bond donors (Lipinski definition) is 2. The van der Waals surface area contributed by atoms with Crippen LogP contribution in [0.15, 0.2) is 48.5 Å². The molecular weight excluding hydrogens is 448 g/mol. The van der Waals surface area contributed by atoms with Gasteiger partial charge in [0.1, 0.15) is 12.1 Å². The fourth-order valence-corrected chi connectivity index (χ4v) is 5.49. The van der Waals surface area contributed by atoms with E-state index in [1.165, 1.54) is 0 Å². The highest BCUT2D eigenvalue weighted by atomic mass is 16.5. The molecule has 2 aliphatic heterocycles. The Morgan fingerprint density at radius 1 is 1.00 bits per heavy atom. The minimum absolute atomic E-state index is 0.0557. The van der Waals surface area contributed by atoms with E-state index >= 15 is 0 Å². The maximum Gasteiger partial charge on any atom is 0.408 e. The number of carbonyl (C=O) groups is 3. The smallest absolute Gasteiger partial charge is 0.408 e. The molecule has 1 aliphatic carbocycles. The minimum atomic E-state index is -1.06. The number of aliphatic carboxylic acids is 1. The van der Waals surface area contributed by atoms with Gasteiger partial charge in [0, 0.05) is 51.5 Å². The Hall–Kier alpha value is -3.39. The number of carboxylic acid groups (broad SMARTS) is 1. The molecule has 2 aromatic carbocycles. The van der Waals surface area contributed by atoms with Crippen molar-refractivity contribution in [1.82, 2.24) is 10.2 Å². The van der Waals surface area contributed by atoms with Crippen LogP contribution in [0, 0.1) is 5.92 Å². The Morgan fingerprint density at radius 3 is 2.20 bits per heavy atom. The van der Waals surface area contributed by atoms with Crippen molar-refractivity contribution >= 4 is 18.0 Å². The van der Waals surface area contributed by atoms with E-state index in [9.17, 15) is 14.4 Å². The molecule has 0 unspecified atom stereocenters. The molecule has 0 aromatic heterocycles. The van der Waals surface area contributed by atoms with Crippen LogP contribution in [-0.4, -0.2) is 66.4 Å². The summed E-state index contributed by atoms with van der Waals surface area (Å²) in [5, 5.41) is 11.8. The lowest BCUT2D eigenvalue weighted by Crippen LogP contribution is -2.65. The van der Waals surface area contributed by atoms with Gasteiger partial charge in [-0.2, -0.15) is 0 Å². The molecule has 8 nitrogen and oxygen atoms in total. The number of likely N-dealkylation sites (tertiary alicyclic amines) is 1. The third-order valence-electron chi connectivity index (χ3n) is 7.45. The molecule has 0 atom stereocenters. The van der Waals surface area contributed by atoms with Gasteiger partial charge in [0.05, 0.1) is 0 Å². The summed E-state index contributed by atoms with van der Waals surface area (Å²) in [6.45, 7) is 1.97. The number of carboxylic acids is 1. The van der Waals surface area contributed by atoms with Gasteiger partial charge in [-0.25, -0.2) is 4.79 Å². The Balaban J connectivity index is 1.23. The number of amides is 2. The predicted octanol–water partition coefficient (Wildman–Crippen LogP) is 3.40. The lowest BCUT2D eigenvalue weighted by molar-refractivity contribution is -0.149. The first-order valence-electron chi connectivity index (χ1n) is 12.2. The summed E-state index contributed by atoms with van der Waals surface area (Å²) >= 11 is 0. The van der Waals surface area contributed by atoms with Crippen molar-refractivity contribution in [3.05, 3.63) is 59.7 Å². The number of alkyl carbamates (subject to hydrolysis) is 1. The molecule has 2 heterocycles. The van der Waals surface area contributed by atoms with Gasteiger partial charge in [-0.3, -0.25) is 9.59 Å². The lowest BCUT2D eigenvalue weighted by atomic mass is 9.85. The van der Waals surface area contributed by atoms with Gasteiger partial charge in [-0.05, 0) is 34.6 Å². The van der Waals surface area contributed by atoms with Crippen molar-refractivity contribution in [3.8, 4) is 11.1 Å². The summed E-state index contributed by atoms with van der Waals surface area (Å²) in [5.74, 6) is -0.838. The second kappa shape index (κ2) is 9.70. The molecule has 3 aliphatic rings. The summed E-state index contributed by atoms with van der Waals surface area (Å²) in [7, 11) is 0. The summed E-state index contributed by atoms with van der Waals surface area (Å²) in [5.41, 5.74) is 3.52. The Kier molecular flexibility index (Phi) is 6.47. The standard InChI is InChI=1S/C27H30N2O6/c30-24(31)10-9-18-15-29(16-18)25(32)27(11-13-34-14-12-27)28-26(33)35-17-23-21-7-3-1-5-19(21)20-6-2-4-8-22(20)23/h1-8,18,23H,9-17H2,(H,28,33)(H,30,31). The third kappa shape index (κ3) is 4.62. The molecule has 2 saturated heterocycles. The molecule has 5 rings (SSSR count). The van der Waals surface area contributed by atoms with E-state index in [2.05, 4.69) is 29.6 Å². The summed E-state index contributed by atoms with van der Waals surface area (Å²) < 4.78 is 11.2. The molecule has 184 valence electrons. The van der Waals surface area contributed by atoms with E-state index in [1.807, 2.05) is 24.3 Å². The molecule has 0 radical (unpaired) electrons. The fourth-order valence-electron chi connectivity index (χ4n) is 5.49. The third-order valence-corrected chi connectivity index (χ3v) is 7.45. The van der Waals surface area contributed by atoms with Crippen molar-refractivity contribution in [3.63, 3.8) is 0 Å². The Bertz CT molecular complexity index is 1070. The van der Waals surface area contributed by atoms with Gasteiger partial charge < -0.3 is 24.8 Å². The summed E-state index contributed by atoms with van der Waals surface area (Å²) in [4.78, 5) is 38.9. The number of nitrogens with one attached hydrogen (secondary N) is 1. The van der Waals surface area contributed by atoms with Gasteiger partial charge in [0.15, 0.2) is 0 Å². The number of hydrogen-bond acceptors (Lipinski definition) is 5. The van der Waals surface area contributed by atoms with Crippen molar-refractivity contribution in [1.29, 1.82) is 0 Å². The van der Waals surface area contributed by atoms with E-state index in [-0.39, 0.29) is 30.8 Å². The molecule has 0 bridgehead atoms. The van der Waals surface area contributed by atoms with Crippen LogP contribution in [0.1, 0.15) is 42.7 Å². The molecular formula is C27H30N2O6. The normalized spacial score (nSPS) is 18.8. The van der Waals surface area contributed by atoms with E-state index in [0.29, 0.717) is 45.6 Å². The molecule has 8 heteroatoms. The largest absolute Gasteiger partial charge is 0.481 e. The number of fused-ring (bicyclic) bond motifs is 3. The van der Waals surface area contributed by atoms with Gasteiger partial charge >= 0.3 is 12.1 Å². The van der Waals surface area contributed by atoms with Crippen molar-refractivity contribution in [2.24, 2.45) is 5.92 Å². The summed E-state index contributed by atoms with van der Waals surface area (Å²) in [6, 6.07) is 16.3. The van der Waals surface area contributed by atoms with Gasteiger partial charge in [0.25, 0.3) is 0 Å². The Morgan fingerprint density at radius 2 is 1.60 bits per heavy atom. The lowest BCUT2D eigenvalue weighted by Gasteiger charge is -2.46. The van der Waals surface area contributed by atoms with E-state index in [1.54, 1.807) is 4.90 Å². The highest BCUT2D eigenvalue weighted by Crippen LogP contribution is 2.44. The van der Waals surface area contributed by atoms with Crippen molar-refractivity contribution in [2.45, 2.75) is 37.1 Å². The minimum Gasteiger partial charge on any atom is -0.481 e. The number of ether oxygens (including phenoxy) is 2. The highest BCUT2D eigenvalue weighted by molar-refractivity contribution is 5.90. The zero-order chi connectivity index (χ0) is 24.4. The highest BCUT2D eigenvalue weighted by Gasteiger charge is 2.47. The quantitative estimate of drug-likeness (QED) is 0.632. The molecule has 35 heavy (non-hydrogen) atoms. The second-order valence-corrected chi connectivity index (χ2v) is 9.65. The van der Waals surface area contributed by atoms with Gasteiger partial charge in [0.2, 0.25) is 5.91 Å². The zero-order valence-electron chi connectivity index (χ0n) is 19.6. The first-order valence-corrected chi connectivity index (χ1v) is 12.2. The van der Waals surface area contributed by atoms with Crippen LogP contribution in [0.4, 0.5) is 4.79 Å². The van der Waals surface area contributed by atoms with E-state index in [4.69, 9.17) is 14.6 Å². The maximum atomic E-state index is 13.4. The topological polar surface area (TPSA) is 105 Å². The number of rotatable bonds is 7. The monoisotopic (exact) mass is 478 g/mol. The van der Waals surface area contributed by atoms with Crippen molar-refractivity contribution < 1.29 is 29.0 Å². The van der Waals surface area contributed by atoms with E-state index in [0.717, 1.165) is 22.3 Å². The molecule has 0 spiro atoms. The molecule has 0 saturated carbocycles. The van der Waals surface area contributed by atoms with E-state index < -0.39 is 17.6 Å². The van der Waals surface area contributed by atoms with Crippen LogP contribution in [-0.2, 0) is 19.1 Å². The summed E-state index contributed by atoms with van der Waals surface area (Å²) in [6.07, 6.45) is 0.808. The van der Waals surface area contributed by atoms with Crippen LogP contribution >= 0.6 is 0 Å². The van der Waals surface area contributed by atoms with Gasteiger partial charge in [-0.15, -0.1) is 0 Å². The van der Waals surface area contributed by atoms with Crippen LogP contribution in [0.5, 0.6) is 0 Å². The van der Waals surface area contributed by atoms with Gasteiger partial charge in [-0.1, -0.05) is 48.5 Å². The molecule has 2 aromatic rings. The van der Waals surface area contributed by atoms with Crippen LogP contribution in [0.3, 0.4) is 0 Å². The van der Waals surface area contributed by atoms with Crippen LogP contribution in [0.2, 0.25) is 0 Å². The molecule has 2 fully saturated rings. The Labute approximate surface area is 204 Å². The predicted molar refractivity (Wildman–Crippen MR) is 128 cm³/mol. The number of nitrogens with zero attached hydrogens (tertiary/aromatic N) is 1. The average molecular weight is 479 g/mol. The molecule has 2 N–H and O–H groups in total. The number of carbonyl (C=O) groups excluding carboxylic acids is 2. The number of benzene rings is 2. The average Bonchev–Trinajstić information content (AvgIpc) is 3.16. The first-order chi connectivity index (χ1) is 17.0. The van der Waals surface area contributed by atoms with Crippen molar-refractivity contribution in [2.75, 3.05) is 32.9 Å². The second-order valence-electron chi connectivity index (χ2n) is 9.65. The zero-order valence-corrected chi connectivity index (χ0v) is 19.6. The maximum absolute atomic E-state index is 13.4. The molecule has 2 amide bonds. The van der Waals surface area contributed by atoms with Crippen LogP contribution in [0.25, 0.3) is 11.1 Å². The first kappa shape index (κ1) is 23.4. The fraction of sp³-hybridized carbons (Fsp3) is 0.444.